The van der Waals surface area contributed by atoms with Gasteiger partial charge in [0.25, 0.3) is 5.91 Å². The molecule has 0 spiro atoms. The van der Waals surface area contributed by atoms with Crippen molar-refractivity contribution in [3.63, 3.8) is 0 Å². The van der Waals surface area contributed by atoms with Gasteiger partial charge in [0.1, 0.15) is 23.1 Å². The number of benzene rings is 3. The first kappa shape index (κ1) is 23.6. The molecule has 0 fully saturated rings. The van der Waals surface area contributed by atoms with E-state index < -0.39 is 23.5 Å². The third kappa shape index (κ3) is 5.03. The Bertz CT molecular complexity index is 1400. The van der Waals surface area contributed by atoms with E-state index in [1.54, 1.807) is 60.1 Å². The van der Waals surface area contributed by atoms with Gasteiger partial charge in [0.2, 0.25) is 0 Å². The van der Waals surface area contributed by atoms with Crippen molar-refractivity contribution < 1.29 is 27.8 Å². The molecule has 9 heteroatoms. The average Bonchev–Trinajstić information content (AvgIpc) is 3.30. The van der Waals surface area contributed by atoms with Gasteiger partial charge in [0.15, 0.2) is 5.69 Å². The third-order valence-electron chi connectivity index (χ3n) is 5.10. The molecule has 1 aromatic heterocycles. The lowest BCUT2D eigenvalue weighted by Crippen LogP contribution is -2.14. The maximum Gasteiger partial charge on any atom is 0.358 e. The van der Waals surface area contributed by atoms with Crippen LogP contribution < -0.4 is 10.1 Å². The number of carbonyl (C=O) groups excluding carboxylic acids is 2. The maximum atomic E-state index is 14.0. The second kappa shape index (κ2) is 10.2. The molecular weight excluding hydrogens is 456 g/mol. The number of carbonyl (C=O) groups is 2. The van der Waals surface area contributed by atoms with Gasteiger partial charge < -0.3 is 14.8 Å². The number of hydrogen-bond acceptors (Lipinski definition) is 5. The summed E-state index contributed by atoms with van der Waals surface area (Å²) in [4.78, 5) is 25.0. The minimum Gasteiger partial charge on any atom is -0.494 e. The molecule has 0 saturated carbocycles. The summed E-state index contributed by atoms with van der Waals surface area (Å²) >= 11 is 0. The molecule has 0 bridgehead atoms. The number of methoxy groups -OCH3 is 1. The summed E-state index contributed by atoms with van der Waals surface area (Å²) < 4.78 is 39.3. The Morgan fingerprint density at radius 1 is 1.00 bits per heavy atom. The first-order valence-electron chi connectivity index (χ1n) is 10.7. The van der Waals surface area contributed by atoms with Crippen molar-refractivity contribution in [1.29, 1.82) is 0 Å². The molecule has 0 unspecified atom stereocenters. The van der Waals surface area contributed by atoms with E-state index in [4.69, 9.17) is 9.47 Å². The predicted octanol–water partition coefficient (Wildman–Crippen LogP) is 5.26. The monoisotopic (exact) mass is 477 g/mol. The summed E-state index contributed by atoms with van der Waals surface area (Å²) in [7, 11) is 1.53. The molecule has 3 aromatic carbocycles. The molecule has 35 heavy (non-hydrogen) atoms. The van der Waals surface area contributed by atoms with Gasteiger partial charge in [-0.05, 0) is 49.4 Å². The number of esters is 1. The van der Waals surface area contributed by atoms with Crippen LogP contribution in [0.5, 0.6) is 5.75 Å². The number of aromatic nitrogens is 2. The van der Waals surface area contributed by atoms with Gasteiger partial charge in [0.05, 0.1) is 25.0 Å². The van der Waals surface area contributed by atoms with Gasteiger partial charge in [0, 0.05) is 17.3 Å². The minimum atomic E-state index is -0.966. The van der Waals surface area contributed by atoms with Crippen molar-refractivity contribution in [3.05, 3.63) is 95.7 Å². The van der Waals surface area contributed by atoms with E-state index in [9.17, 15) is 18.4 Å². The van der Waals surface area contributed by atoms with Crippen molar-refractivity contribution in [2.75, 3.05) is 19.0 Å². The number of nitrogens with one attached hydrogen (secondary N) is 1. The van der Waals surface area contributed by atoms with Crippen molar-refractivity contribution in [1.82, 2.24) is 9.78 Å². The topological polar surface area (TPSA) is 82.5 Å². The van der Waals surface area contributed by atoms with Crippen molar-refractivity contribution in [2.45, 2.75) is 6.92 Å². The number of nitrogens with zero attached hydrogens (tertiary/aromatic N) is 2. The molecule has 178 valence electrons. The summed E-state index contributed by atoms with van der Waals surface area (Å²) in [6.07, 6.45) is 0. The van der Waals surface area contributed by atoms with Crippen molar-refractivity contribution in [2.24, 2.45) is 0 Å². The van der Waals surface area contributed by atoms with Crippen LogP contribution >= 0.6 is 0 Å². The lowest BCUT2D eigenvalue weighted by atomic mass is 10.1. The highest BCUT2D eigenvalue weighted by atomic mass is 19.1. The Morgan fingerprint density at radius 3 is 2.54 bits per heavy atom. The molecule has 0 radical (unpaired) electrons. The standard InChI is InChI=1S/C26H21F2N3O4/c1-3-35-26(33)21-15-23(31(30-21)22-9-4-5-10-24(22)34-2)16-7-6-8-18(13-16)29-25(32)19-12-11-17(27)14-20(19)28/h4-15H,3H2,1-2H3,(H,29,32). The maximum absolute atomic E-state index is 14.0. The fraction of sp³-hybridized carbons (Fsp3) is 0.115. The average molecular weight is 477 g/mol. The summed E-state index contributed by atoms with van der Waals surface area (Å²) in [6.45, 7) is 1.89. The first-order valence-corrected chi connectivity index (χ1v) is 10.7. The van der Waals surface area contributed by atoms with E-state index in [0.717, 1.165) is 12.1 Å². The Morgan fingerprint density at radius 2 is 1.80 bits per heavy atom. The lowest BCUT2D eigenvalue weighted by Gasteiger charge is -2.12. The van der Waals surface area contributed by atoms with Gasteiger partial charge in [-0.2, -0.15) is 5.10 Å². The third-order valence-corrected chi connectivity index (χ3v) is 5.10. The van der Waals surface area contributed by atoms with Gasteiger partial charge >= 0.3 is 5.97 Å². The summed E-state index contributed by atoms with van der Waals surface area (Å²) in [5.41, 5.74) is 1.89. The molecule has 0 saturated heterocycles. The van der Waals surface area contributed by atoms with Crippen LogP contribution in [-0.4, -0.2) is 35.4 Å². The van der Waals surface area contributed by atoms with Crippen molar-refractivity contribution >= 4 is 17.6 Å². The zero-order valence-electron chi connectivity index (χ0n) is 18.9. The molecule has 7 nitrogen and oxygen atoms in total. The van der Waals surface area contributed by atoms with Crippen LogP contribution in [-0.2, 0) is 4.74 Å². The molecule has 0 aliphatic carbocycles. The predicted molar refractivity (Wildman–Crippen MR) is 126 cm³/mol. The molecule has 4 rings (SSSR count). The number of halogens is 2. The van der Waals surface area contributed by atoms with Crippen LogP contribution in [0.3, 0.4) is 0 Å². The van der Waals surface area contributed by atoms with Gasteiger partial charge in [-0.3, -0.25) is 4.79 Å². The highest BCUT2D eigenvalue weighted by Gasteiger charge is 2.20. The smallest absolute Gasteiger partial charge is 0.358 e. The van der Waals surface area contributed by atoms with E-state index in [0.29, 0.717) is 34.4 Å². The summed E-state index contributed by atoms with van der Waals surface area (Å²) in [5.74, 6) is -2.53. The highest BCUT2D eigenvalue weighted by Crippen LogP contribution is 2.30. The SMILES string of the molecule is CCOC(=O)c1cc(-c2cccc(NC(=O)c3ccc(F)cc3F)c2)n(-c2ccccc2OC)n1. The molecule has 1 amide bonds. The Hall–Kier alpha value is -4.53. The normalized spacial score (nSPS) is 10.6. The quantitative estimate of drug-likeness (QED) is 0.368. The van der Waals surface area contributed by atoms with Crippen LogP contribution in [0.2, 0.25) is 0 Å². The van der Waals surface area contributed by atoms with Gasteiger partial charge in [-0.25, -0.2) is 18.3 Å². The van der Waals surface area contributed by atoms with Crippen LogP contribution in [0, 0.1) is 11.6 Å². The highest BCUT2D eigenvalue weighted by molar-refractivity contribution is 6.04. The molecule has 0 atom stereocenters. The first-order chi connectivity index (χ1) is 16.9. The lowest BCUT2D eigenvalue weighted by molar-refractivity contribution is 0.0518. The zero-order chi connectivity index (χ0) is 24.9. The number of para-hydroxylation sites is 2. The fourth-order valence-corrected chi connectivity index (χ4v) is 3.51. The number of anilines is 1. The Labute approximate surface area is 199 Å². The number of hydrogen-bond donors (Lipinski definition) is 1. The zero-order valence-corrected chi connectivity index (χ0v) is 18.9. The van der Waals surface area contributed by atoms with E-state index in [1.807, 2.05) is 6.07 Å². The molecule has 0 aliphatic heterocycles. The van der Waals surface area contributed by atoms with Gasteiger partial charge in [-0.1, -0.05) is 24.3 Å². The number of ether oxygens (including phenoxy) is 2. The summed E-state index contributed by atoms with van der Waals surface area (Å²) in [6, 6.07) is 18.2. The van der Waals surface area contributed by atoms with E-state index in [-0.39, 0.29) is 17.9 Å². The van der Waals surface area contributed by atoms with Crippen LogP contribution in [0.4, 0.5) is 14.5 Å². The fourth-order valence-electron chi connectivity index (χ4n) is 3.51. The Kier molecular flexibility index (Phi) is 6.86. The number of rotatable bonds is 7. The second-order valence-electron chi connectivity index (χ2n) is 7.38. The molecule has 1 heterocycles. The number of amides is 1. The van der Waals surface area contributed by atoms with E-state index >= 15 is 0 Å². The second-order valence-corrected chi connectivity index (χ2v) is 7.38. The summed E-state index contributed by atoms with van der Waals surface area (Å²) in [5, 5.41) is 7.04. The van der Waals surface area contributed by atoms with Crippen LogP contribution in [0.15, 0.2) is 72.8 Å². The van der Waals surface area contributed by atoms with Crippen LogP contribution in [0.1, 0.15) is 27.8 Å². The minimum absolute atomic E-state index is 0.0931. The van der Waals surface area contributed by atoms with Crippen LogP contribution in [0.25, 0.3) is 16.9 Å². The largest absolute Gasteiger partial charge is 0.494 e. The molecule has 4 aromatic rings. The van der Waals surface area contributed by atoms with E-state index in [1.165, 1.54) is 7.11 Å². The van der Waals surface area contributed by atoms with Crippen molar-refractivity contribution in [3.8, 4) is 22.7 Å². The Balaban J connectivity index is 1.74. The molecule has 0 aliphatic rings. The van der Waals surface area contributed by atoms with E-state index in [2.05, 4.69) is 10.4 Å². The molecule has 1 N–H and O–H groups in total. The van der Waals surface area contributed by atoms with Gasteiger partial charge in [-0.15, -0.1) is 0 Å². The molecular formula is C26H21F2N3O4.